The molecule has 0 N–H and O–H groups in total. The topological polar surface area (TPSA) is 60.4 Å². The fourth-order valence-corrected chi connectivity index (χ4v) is 1.48. The first-order valence-electron chi connectivity index (χ1n) is 3.48. The quantitative estimate of drug-likeness (QED) is 0.394. The number of hydrogen-bond donors (Lipinski definition) is 0. The second kappa shape index (κ2) is 3.49. The van der Waals surface area contributed by atoms with Crippen LogP contribution in [0.5, 0.6) is 0 Å². The fraction of sp³-hybridized carbons (Fsp3) is 0.333. The molecule has 86 valence electrons. The van der Waals surface area contributed by atoms with Crippen LogP contribution in [-0.4, -0.2) is 29.6 Å². The molecule has 0 aromatic rings. The Hall–Kier alpha value is -1.09. The van der Waals surface area contributed by atoms with E-state index in [1.54, 1.807) is 0 Å². The summed E-state index contributed by atoms with van der Waals surface area (Å²) >= 11 is 0. The zero-order valence-corrected chi connectivity index (χ0v) is 7.72. The molecule has 1 rings (SSSR count). The van der Waals surface area contributed by atoms with Crippen LogP contribution in [0.2, 0.25) is 0 Å². The van der Waals surface area contributed by atoms with Crippen LogP contribution in [0.4, 0.5) is 17.7 Å². The van der Waals surface area contributed by atoms with Crippen LogP contribution in [0.15, 0.2) is 23.9 Å². The van der Waals surface area contributed by atoms with Gasteiger partial charge in [0.1, 0.15) is 10.1 Å². The Balaban J connectivity index is 3.00. The Kier molecular flexibility index (Phi) is 2.79. The molecule has 0 radical (unpaired) electrons. The van der Waals surface area contributed by atoms with Gasteiger partial charge in [-0.3, -0.25) is 0 Å². The lowest BCUT2D eigenvalue weighted by Gasteiger charge is -2.26. The summed E-state index contributed by atoms with van der Waals surface area (Å²) in [6, 6.07) is 0. The van der Waals surface area contributed by atoms with Gasteiger partial charge in [0.2, 0.25) is 0 Å². The van der Waals surface area contributed by atoms with E-state index in [0.29, 0.717) is 12.2 Å². The van der Waals surface area contributed by atoms with Crippen molar-refractivity contribution in [2.45, 2.75) is 11.6 Å². The SMILES string of the molecule is O=S(=O)([O-])C1C=CC(C(F)(F)F)=CN1F. The molecule has 0 aliphatic carbocycles. The van der Waals surface area contributed by atoms with E-state index in [0.717, 1.165) is 0 Å². The molecule has 1 atom stereocenters. The molecule has 1 aliphatic rings. The highest BCUT2D eigenvalue weighted by Gasteiger charge is 2.36. The van der Waals surface area contributed by atoms with E-state index in [2.05, 4.69) is 0 Å². The Morgan fingerprint density at radius 3 is 2.27 bits per heavy atom. The van der Waals surface area contributed by atoms with E-state index in [9.17, 15) is 30.6 Å². The van der Waals surface area contributed by atoms with Crippen LogP contribution in [-0.2, 0) is 10.1 Å². The third-order valence-corrected chi connectivity index (χ3v) is 2.52. The number of rotatable bonds is 1. The summed E-state index contributed by atoms with van der Waals surface area (Å²) in [5.41, 5.74) is -1.37. The summed E-state index contributed by atoms with van der Waals surface area (Å²) in [4.78, 5) is 0. The minimum absolute atomic E-state index is 0.0832. The molecule has 0 saturated carbocycles. The summed E-state index contributed by atoms with van der Waals surface area (Å²) in [7, 11) is -5.04. The zero-order valence-electron chi connectivity index (χ0n) is 6.90. The molecule has 0 aromatic heterocycles. The molecule has 0 saturated heterocycles. The molecule has 4 nitrogen and oxygen atoms in total. The molecule has 0 aromatic carbocycles. The van der Waals surface area contributed by atoms with Crippen molar-refractivity contribution >= 4 is 10.1 Å². The Morgan fingerprint density at radius 2 is 1.93 bits per heavy atom. The first kappa shape index (κ1) is 12.0. The molecule has 9 heteroatoms. The zero-order chi connectivity index (χ0) is 11.9. The number of nitrogens with zero attached hydrogens (tertiary/aromatic N) is 1. The largest absolute Gasteiger partial charge is 0.746 e. The highest BCUT2D eigenvalue weighted by molar-refractivity contribution is 7.86. The maximum atomic E-state index is 12.8. The maximum absolute atomic E-state index is 12.8. The van der Waals surface area contributed by atoms with Crippen LogP contribution >= 0.6 is 0 Å². The van der Waals surface area contributed by atoms with Gasteiger partial charge in [0.05, 0.1) is 5.57 Å². The predicted octanol–water partition coefficient (Wildman–Crippen LogP) is 1.06. The Bertz CT molecular complexity index is 411. The number of alkyl halides is 3. The highest BCUT2D eigenvalue weighted by atomic mass is 32.2. The normalized spacial score (nSPS) is 22.9. The van der Waals surface area contributed by atoms with Crippen molar-refractivity contribution in [1.29, 1.82) is 0 Å². The van der Waals surface area contributed by atoms with E-state index in [-0.39, 0.29) is 6.20 Å². The molecule has 1 unspecified atom stereocenters. The second-order valence-electron chi connectivity index (χ2n) is 2.67. The standard InChI is InChI=1S/C6H5F4NO3S/c7-6(8,9)4-1-2-5(11(10)3-4)15(12,13)14/h1-3,5H,(H,12,13,14)/p-1. The molecule has 0 amide bonds. The Morgan fingerprint density at radius 1 is 1.40 bits per heavy atom. The number of allylic oxidation sites excluding steroid dienone is 2. The van der Waals surface area contributed by atoms with E-state index in [1.807, 2.05) is 0 Å². The lowest BCUT2D eigenvalue weighted by molar-refractivity contribution is -0.0918. The van der Waals surface area contributed by atoms with Crippen LogP contribution in [0, 0.1) is 0 Å². The van der Waals surface area contributed by atoms with E-state index in [4.69, 9.17) is 0 Å². The van der Waals surface area contributed by atoms with Crippen molar-refractivity contribution < 1.29 is 30.6 Å². The van der Waals surface area contributed by atoms with Gasteiger partial charge >= 0.3 is 6.18 Å². The van der Waals surface area contributed by atoms with Gasteiger partial charge in [-0.2, -0.15) is 18.3 Å². The van der Waals surface area contributed by atoms with Crippen LogP contribution in [0.1, 0.15) is 0 Å². The van der Waals surface area contributed by atoms with Crippen molar-refractivity contribution in [2.24, 2.45) is 0 Å². The first-order chi connectivity index (χ1) is 6.62. The summed E-state index contributed by atoms with van der Waals surface area (Å²) < 4.78 is 79.8. The van der Waals surface area contributed by atoms with Gasteiger partial charge < -0.3 is 4.55 Å². The summed E-state index contributed by atoms with van der Waals surface area (Å²) in [5, 5.41) is -3.03. The van der Waals surface area contributed by atoms with Crippen LogP contribution in [0.3, 0.4) is 0 Å². The number of hydrogen-bond acceptors (Lipinski definition) is 4. The van der Waals surface area contributed by atoms with Crippen LogP contribution < -0.4 is 0 Å². The van der Waals surface area contributed by atoms with Crippen molar-refractivity contribution in [3.05, 3.63) is 23.9 Å². The summed E-state index contributed by atoms with van der Waals surface area (Å²) in [6.45, 7) is 0. The molecule has 0 fully saturated rings. The Labute approximate surface area is 82.2 Å². The average Bonchev–Trinajstić information content (AvgIpc) is 1.99. The average molecular weight is 246 g/mol. The third-order valence-electron chi connectivity index (χ3n) is 1.57. The lowest BCUT2D eigenvalue weighted by Crippen LogP contribution is -2.33. The third kappa shape index (κ3) is 2.69. The predicted molar refractivity (Wildman–Crippen MR) is 39.7 cm³/mol. The first-order valence-corrected chi connectivity index (χ1v) is 4.95. The second-order valence-corrected chi connectivity index (χ2v) is 4.14. The monoisotopic (exact) mass is 246 g/mol. The van der Waals surface area contributed by atoms with E-state index < -0.39 is 32.4 Å². The molecular formula is C6H4F4NO3S-. The fourth-order valence-electron chi connectivity index (χ4n) is 0.905. The van der Waals surface area contributed by atoms with E-state index in [1.165, 1.54) is 0 Å². The van der Waals surface area contributed by atoms with Gasteiger partial charge in [0.25, 0.3) is 0 Å². The molecule has 0 bridgehead atoms. The van der Waals surface area contributed by atoms with Crippen molar-refractivity contribution in [3.63, 3.8) is 0 Å². The smallest absolute Gasteiger partial charge is 0.417 e. The highest BCUT2D eigenvalue weighted by Crippen LogP contribution is 2.30. The lowest BCUT2D eigenvalue weighted by atomic mass is 10.2. The maximum Gasteiger partial charge on any atom is 0.417 e. The molecule has 15 heavy (non-hydrogen) atoms. The summed E-state index contributed by atoms with van der Waals surface area (Å²) in [6.07, 6.45) is -4.19. The van der Waals surface area contributed by atoms with Crippen molar-refractivity contribution in [3.8, 4) is 0 Å². The molecule has 1 aliphatic heterocycles. The molecular weight excluding hydrogens is 242 g/mol. The van der Waals surface area contributed by atoms with Gasteiger partial charge in [-0.15, -0.1) is 0 Å². The van der Waals surface area contributed by atoms with Crippen LogP contribution in [0.25, 0.3) is 0 Å². The molecule has 0 spiro atoms. The minimum atomic E-state index is -5.04. The van der Waals surface area contributed by atoms with Gasteiger partial charge in [0, 0.05) is 6.20 Å². The number of halogens is 4. The van der Waals surface area contributed by atoms with Crippen molar-refractivity contribution in [2.75, 3.05) is 0 Å². The summed E-state index contributed by atoms with van der Waals surface area (Å²) in [5.74, 6) is 0. The molecule has 1 heterocycles. The minimum Gasteiger partial charge on any atom is -0.746 e. The van der Waals surface area contributed by atoms with Crippen molar-refractivity contribution in [1.82, 2.24) is 5.12 Å². The van der Waals surface area contributed by atoms with Gasteiger partial charge in [-0.05, 0) is 12.2 Å². The van der Waals surface area contributed by atoms with Gasteiger partial charge in [0.15, 0.2) is 5.37 Å². The van der Waals surface area contributed by atoms with E-state index >= 15 is 0 Å². The van der Waals surface area contributed by atoms with Gasteiger partial charge in [-0.1, -0.05) is 4.48 Å². The van der Waals surface area contributed by atoms with Gasteiger partial charge in [-0.25, -0.2) is 8.42 Å².